The number of benzene rings is 1. The summed E-state index contributed by atoms with van der Waals surface area (Å²) in [4.78, 5) is 21.4. The van der Waals surface area contributed by atoms with Crippen molar-refractivity contribution < 1.29 is 56.9 Å². The summed E-state index contributed by atoms with van der Waals surface area (Å²) in [5, 5.41) is 10.4. The maximum Gasteiger partial charge on any atom is 1.00 e. The van der Waals surface area contributed by atoms with Gasteiger partial charge < -0.3 is 14.1 Å². The number of carboxylic acids is 1. The molecule has 1 aromatic carbocycles. The van der Waals surface area contributed by atoms with E-state index in [1.165, 1.54) is 18.2 Å². The molecule has 0 radical (unpaired) electrons. The molecular formula is C8H5NaO6S. The Bertz CT molecular complexity index is 473. The first-order chi connectivity index (χ1) is 7.00. The van der Waals surface area contributed by atoms with E-state index in [0.29, 0.717) is 0 Å². The molecule has 6 nitrogen and oxygen atoms in total. The van der Waals surface area contributed by atoms with E-state index in [1.54, 1.807) is 0 Å². The van der Waals surface area contributed by atoms with Gasteiger partial charge in [0.15, 0.2) is 0 Å². The number of thiol groups is 1. The molecule has 0 atom stereocenters. The van der Waals surface area contributed by atoms with Crippen LogP contribution in [-0.2, 0) is 15.2 Å². The summed E-state index contributed by atoms with van der Waals surface area (Å²) in [6, 6.07) is 4.69. The average Bonchev–Trinajstić information content (AvgIpc) is 2.17. The van der Waals surface area contributed by atoms with E-state index in [-0.39, 0.29) is 40.7 Å². The molecule has 0 heterocycles. The van der Waals surface area contributed by atoms with Crippen molar-refractivity contribution >= 4 is 22.9 Å². The van der Waals surface area contributed by atoms with E-state index < -0.39 is 22.9 Å². The van der Waals surface area contributed by atoms with Crippen molar-refractivity contribution in [1.29, 1.82) is 0 Å². The number of hydrogen-bond acceptors (Lipinski definition) is 6. The number of aromatic carboxylic acids is 1. The van der Waals surface area contributed by atoms with Crippen LogP contribution < -0.4 is 34.7 Å². The molecule has 0 aliphatic heterocycles. The molecule has 80 valence electrons. The van der Waals surface area contributed by atoms with Gasteiger partial charge in [0.05, 0.1) is 11.5 Å². The zero-order chi connectivity index (χ0) is 11.4. The van der Waals surface area contributed by atoms with Crippen LogP contribution in [0.4, 0.5) is 0 Å². The Balaban J connectivity index is 0.00000225. The molecule has 16 heavy (non-hydrogen) atoms. The van der Waals surface area contributed by atoms with E-state index in [9.17, 15) is 23.1 Å². The number of carboxylic acid groups (broad SMARTS) is 1. The van der Waals surface area contributed by atoms with Crippen LogP contribution in [0.2, 0.25) is 0 Å². The predicted molar refractivity (Wildman–Crippen MR) is 46.5 cm³/mol. The summed E-state index contributed by atoms with van der Waals surface area (Å²) in [7, 11) is -3.30. The predicted octanol–water partition coefficient (Wildman–Crippen LogP) is -4.26. The number of rotatable bonds is 3. The standard InChI is InChI=1S/C8H6O6S.Na/c9-7(10)5-2-1-3-6(4-5)8(11)14-15(12)13;/h1-4,15H,(H,9,10);/q;+1/p-1. The first kappa shape index (κ1) is 15.1. The average molecular weight is 252 g/mol. The second-order valence-corrected chi connectivity index (χ2v) is 3.10. The Hall–Kier alpha value is -0.890. The van der Waals surface area contributed by atoms with Gasteiger partial charge in [-0.15, -0.1) is 0 Å². The molecule has 0 aliphatic carbocycles. The van der Waals surface area contributed by atoms with Crippen molar-refractivity contribution in [1.82, 2.24) is 0 Å². The van der Waals surface area contributed by atoms with Crippen LogP contribution in [-0.4, -0.2) is 20.4 Å². The van der Waals surface area contributed by atoms with Crippen molar-refractivity contribution in [2.75, 3.05) is 0 Å². The summed E-state index contributed by atoms with van der Waals surface area (Å²) >= 11 is 0. The second kappa shape index (κ2) is 6.64. The van der Waals surface area contributed by atoms with Crippen molar-refractivity contribution in [3.8, 4) is 0 Å². The molecule has 0 aliphatic rings. The van der Waals surface area contributed by atoms with Crippen LogP contribution in [0, 0.1) is 0 Å². The third-order valence-electron chi connectivity index (χ3n) is 1.49. The van der Waals surface area contributed by atoms with E-state index in [0.717, 1.165) is 6.07 Å². The zero-order valence-electron chi connectivity index (χ0n) is 8.21. The van der Waals surface area contributed by atoms with Crippen molar-refractivity contribution in [3.63, 3.8) is 0 Å². The van der Waals surface area contributed by atoms with Gasteiger partial charge in [-0.05, 0) is 17.7 Å². The van der Waals surface area contributed by atoms with Crippen LogP contribution in [0.25, 0.3) is 0 Å². The molecule has 1 aromatic rings. The Morgan fingerprint density at radius 1 is 1.19 bits per heavy atom. The maximum atomic E-state index is 11.0. The minimum atomic E-state index is -3.30. The van der Waals surface area contributed by atoms with Gasteiger partial charge in [-0.3, -0.25) is 0 Å². The molecular weight excluding hydrogens is 247 g/mol. The van der Waals surface area contributed by atoms with Gasteiger partial charge in [-0.2, -0.15) is 8.42 Å². The normalized spacial score (nSPS) is 9.31. The number of carbonyl (C=O) groups is 2. The third-order valence-corrected chi connectivity index (χ3v) is 1.81. The van der Waals surface area contributed by atoms with E-state index >= 15 is 0 Å². The van der Waals surface area contributed by atoms with Gasteiger partial charge in [0.25, 0.3) is 0 Å². The van der Waals surface area contributed by atoms with E-state index in [2.05, 4.69) is 4.18 Å². The van der Waals surface area contributed by atoms with Crippen LogP contribution in [0.5, 0.6) is 0 Å². The van der Waals surface area contributed by atoms with E-state index in [4.69, 9.17) is 0 Å². The molecule has 0 unspecified atom stereocenters. The summed E-state index contributed by atoms with van der Waals surface area (Å²) in [5.74, 6) is -2.59. The molecule has 0 N–H and O–H groups in total. The van der Waals surface area contributed by atoms with Gasteiger partial charge in [0.2, 0.25) is 0 Å². The van der Waals surface area contributed by atoms with Crippen LogP contribution in [0.1, 0.15) is 20.7 Å². The Kier molecular flexibility index (Phi) is 6.27. The molecule has 0 amide bonds. The molecule has 0 fully saturated rings. The van der Waals surface area contributed by atoms with Crippen LogP contribution in [0.15, 0.2) is 24.3 Å². The molecule has 8 heteroatoms. The molecule has 0 aromatic heterocycles. The molecule has 1 rings (SSSR count). The van der Waals surface area contributed by atoms with Crippen LogP contribution >= 0.6 is 0 Å². The fraction of sp³-hybridized carbons (Fsp3) is 0. The first-order valence-corrected chi connectivity index (χ1v) is 4.78. The molecule has 0 bridgehead atoms. The first-order valence-electron chi connectivity index (χ1n) is 3.69. The SMILES string of the molecule is O=C([O-])c1cccc(C(=O)O[SH](=O)=O)c1.[Na+]. The van der Waals surface area contributed by atoms with Gasteiger partial charge in [-0.1, -0.05) is 12.1 Å². The largest absolute Gasteiger partial charge is 1.00 e. The maximum absolute atomic E-state index is 11.0. The number of carbonyl (C=O) groups excluding carboxylic acids is 2. The quantitative estimate of drug-likeness (QED) is 0.432. The van der Waals surface area contributed by atoms with Crippen LogP contribution in [0.3, 0.4) is 0 Å². The Labute approximate surface area is 115 Å². The van der Waals surface area contributed by atoms with Crippen molar-refractivity contribution in [2.24, 2.45) is 0 Å². The number of hydrogen-bond donors (Lipinski definition) is 1. The third kappa shape index (κ3) is 4.31. The topological polar surface area (TPSA) is 101 Å². The summed E-state index contributed by atoms with van der Waals surface area (Å²) in [5.41, 5.74) is -0.401. The Morgan fingerprint density at radius 2 is 1.75 bits per heavy atom. The van der Waals surface area contributed by atoms with Gasteiger partial charge >= 0.3 is 46.5 Å². The summed E-state index contributed by atoms with van der Waals surface area (Å²) in [6.45, 7) is 0. The minimum Gasteiger partial charge on any atom is -0.545 e. The summed E-state index contributed by atoms with van der Waals surface area (Å²) in [6.07, 6.45) is 0. The fourth-order valence-electron chi connectivity index (χ4n) is 0.894. The fourth-order valence-corrected chi connectivity index (χ4v) is 1.13. The van der Waals surface area contributed by atoms with Crippen molar-refractivity contribution in [2.45, 2.75) is 0 Å². The second-order valence-electron chi connectivity index (χ2n) is 2.47. The zero-order valence-corrected chi connectivity index (χ0v) is 11.1. The van der Waals surface area contributed by atoms with E-state index in [1.807, 2.05) is 0 Å². The van der Waals surface area contributed by atoms with Gasteiger partial charge in [0.1, 0.15) is 0 Å². The minimum absolute atomic E-state index is 0. The van der Waals surface area contributed by atoms with Crippen molar-refractivity contribution in [3.05, 3.63) is 35.4 Å². The summed E-state index contributed by atoms with van der Waals surface area (Å²) < 4.78 is 24.0. The smallest absolute Gasteiger partial charge is 0.545 e. The monoisotopic (exact) mass is 252 g/mol. The van der Waals surface area contributed by atoms with Gasteiger partial charge in [-0.25, -0.2) is 4.79 Å². The Morgan fingerprint density at radius 3 is 2.25 bits per heavy atom. The molecule has 0 saturated heterocycles. The molecule has 0 saturated carbocycles. The van der Waals surface area contributed by atoms with Gasteiger partial charge in [0, 0.05) is 0 Å². The molecule has 0 spiro atoms.